The Morgan fingerprint density at radius 2 is 1.95 bits per heavy atom. The van der Waals surface area contributed by atoms with Gasteiger partial charge in [0.1, 0.15) is 0 Å². The van der Waals surface area contributed by atoms with Gasteiger partial charge in [-0.15, -0.1) is 0 Å². The van der Waals surface area contributed by atoms with E-state index < -0.39 is 0 Å². The van der Waals surface area contributed by atoms with Gasteiger partial charge < -0.3 is 4.90 Å². The van der Waals surface area contributed by atoms with Gasteiger partial charge in [0, 0.05) is 23.3 Å². The first-order chi connectivity index (χ1) is 9.54. The summed E-state index contributed by atoms with van der Waals surface area (Å²) in [4.78, 5) is 14.0. The van der Waals surface area contributed by atoms with Crippen LogP contribution in [0.3, 0.4) is 0 Å². The molecule has 0 aromatic heterocycles. The Bertz CT molecular complexity index is 704. The molecule has 0 bridgehead atoms. The zero-order valence-electron chi connectivity index (χ0n) is 11.2. The molecule has 0 radical (unpaired) electrons. The van der Waals surface area contributed by atoms with E-state index in [2.05, 4.69) is 6.07 Å². The van der Waals surface area contributed by atoms with Crippen LogP contribution in [0.1, 0.15) is 21.5 Å². The van der Waals surface area contributed by atoms with Crippen molar-refractivity contribution < 1.29 is 4.79 Å². The smallest absolute Gasteiger partial charge is 0.258 e. The number of amides is 1. The fraction of sp³-hybridized carbons (Fsp3) is 0.125. The van der Waals surface area contributed by atoms with Gasteiger partial charge in [0.15, 0.2) is 0 Å². The van der Waals surface area contributed by atoms with Gasteiger partial charge in [0.25, 0.3) is 5.91 Å². The average molecular weight is 285 g/mol. The van der Waals surface area contributed by atoms with Crippen LogP contribution < -0.4 is 4.90 Å². The van der Waals surface area contributed by atoms with Crippen LogP contribution >= 0.6 is 11.6 Å². The lowest BCUT2D eigenvalue weighted by Crippen LogP contribution is -2.27. The molecule has 0 spiro atoms. The van der Waals surface area contributed by atoms with Gasteiger partial charge in [-0.3, -0.25) is 4.79 Å². The van der Waals surface area contributed by atoms with Crippen molar-refractivity contribution in [2.75, 3.05) is 11.9 Å². The Morgan fingerprint density at radius 3 is 2.65 bits per heavy atom. The quantitative estimate of drug-likeness (QED) is 0.842. The molecule has 2 aromatic carbocycles. The number of hydrogen-bond acceptors (Lipinski definition) is 2. The van der Waals surface area contributed by atoms with E-state index in [1.54, 1.807) is 49.5 Å². The number of nitriles is 1. The van der Waals surface area contributed by atoms with Crippen LogP contribution in [0.25, 0.3) is 0 Å². The van der Waals surface area contributed by atoms with E-state index in [1.165, 1.54) is 4.90 Å². The van der Waals surface area contributed by atoms with Gasteiger partial charge in [0.05, 0.1) is 11.6 Å². The van der Waals surface area contributed by atoms with Crippen molar-refractivity contribution in [2.45, 2.75) is 6.92 Å². The number of nitrogens with zero attached hydrogens (tertiary/aromatic N) is 2. The summed E-state index contributed by atoms with van der Waals surface area (Å²) < 4.78 is 0. The topological polar surface area (TPSA) is 44.1 Å². The zero-order chi connectivity index (χ0) is 14.7. The summed E-state index contributed by atoms with van der Waals surface area (Å²) in [5.74, 6) is -0.153. The van der Waals surface area contributed by atoms with Crippen molar-refractivity contribution in [1.29, 1.82) is 5.26 Å². The fourth-order valence-electron chi connectivity index (χ4n) is 1.92. The molecule has 0 unspecified atom stereocenters. The third-order valence-electron chi connectivity index (χ3n) is 3.17. The zero-order valence-corrected chi connectivity index (χ0v) is 12.0. The summed E-state index contributed by atoms with van der Waals surface area (Å²) >= 11 is 6.04. The summed E-state index contributed by atoms with van der Waals surface area (Å²) in [6, 6.07) is 14.2. The van der Waals surface area contributed by atoms with E-state index in [1.807, 2.05) is 6.92 Å². The number of rotatable bonds is 2. The van der Waals surface area contributed by atoms with Crippen LogP contribution in [0, 0.1) is 18.3 Å². The SMILES string of the molecule is Cc1c(Cl)cccc1C(=O)N(C)c1cccc(C#N)c1. The minimum atomic E-state index is -0.153. The first kappa shape index (κ1) is 14.1. The van der Waals surface area contributed by atoms with E-state index in [-0.39, 0.29) is 5.91 Å². The highest BCUT2D eigenvalue weighted by Gasteiger charge is 2.16. The number of hydrogen-bond donors (Lipinski definition) is 0. The predicted molar refractivity (Wildman–Crippen MR) is 80.1 cm³/mol. The first-order valence-electron chi connectivity index (χ1n) is 6.08. The van der Waals surface area contributed by atoms with Gasteiger partial charge in [-0.25, -0.2) is 0 Å². The predicted octanol–water partition coefficient (Wildman–Crippen LogP) is 3.80. The Labute approximate surface area is 123 Å². The van der Waals surface area contributed by atoms with Crippen LogP contribution in [0.15, 0.2) is 42.5 Å². The van der Waals surface area contributed by atoms with Crippen molar-refractivity contribution >= 4 is 23.2 Å². The molecule has 0 atom stereocenters. The third kappa shape index (κ3) is 2.66. The van der Waals surface area contributed by atoms with Gasteiger partial charge in [-0.2, -0.15) is 5.26 Å². The van der Waals surface area contributed by atoms with Crippen LogP contribution in [0.5, 0.6) is 0 Å². The molecule has 0 heterocycles. The summed E-state index contributed by atoms with van der Waals surface area (Å²) in [7, 11) is 1.68. The fourth-order valence-corrected chi connectivity index (χ4v) is 2.10. The van der Waals surface area contributed by atoms with E-state index in [0.29, 0.717) is 21.8 Å². The molecule has 0 aliphatic rings. The van der Waals surface area contributed by atoms with E-state index in [0.717, 1.165) is 5.56 Å². The largest absolute Gasteiger partial charge is 0.311 e. The van der Waals surface area contributed by atoms with Gasteiger partial charge in [0.2, 0.25) is 0 Å². The van der Waals surface area contributed by atoms with Crippen LogP contribution in [-0.4, -0.2) is 13.0 Å². The average Bonchev–Trinajstić information content (AvgIpc) is 2.48. The number of halogens is 1. The lowest BCUT2D eigenvalue weighted by atomic mass is 10.1. The Morgan fingerprint density at radius 1 is 1.25 bits per heavy atom. The molecule has 0 fully saturated rings. The molecular weight excluding hydrogens is 272 g/mol. The first-order valence-corrected chi connectivity index (χ1v) is 6.45. The number of benzene rings is 2. The third-order valence-corrected chi connectivity index (χ3v) is 3.57. The maximum atomic E-state index is 12.5. The molecule has 20 heavy (non-hydrogen) atoms. The molecule has 0 aliphatic heterocycles. The van der Waals surface area contributed by atoms with Crippen LogP contribution in [0.4, 0.5) is 5.69 Å². The molecular formula is C16H13ClN2O. The summed E-state index contributed by atoms with van der Waals surface area (Å²) in [5, 5.41) is 9.47. The standard InChI is InChI=1S/C16H13ClN2O/c1-11-14(7-4-8-15(11)17)16(20)19(2)13-6-3-5-12(9-13)10-18/h3-9H,1-2H3. The van der Waals surface area contributed by atoms with Crippen molar-refractivity contribution in [1.82, 2.24) is 0 Å². The number of carbonyl (C=O) groups is 1. The molecule has 4 heteroatoms. The lowest BCUT2D eigenvalue weighted by Gasteiger charge is -2.19. The minimum absolute atomic E-state index is 0.153. The van der Waals surface area contributed by atoms with E-state index in [4.69, 9.17) is 16.9 Å². The Balaban J connectivity index is 2.38. The molecule has 0 aliphatic carbocycles. The molecule has 0 saturated heterocycles. The van der Waals surface area contributed by atoms with Crippen molar-refractivity contribution in [3.05, 3.63) is 64.2 Å². The van der Waals surface area contributed by atoms with E-state index >= 15 is 0 Å². The second kappa shape index (κ2) is 5.77. The summed E-state index contributed by atoms with van der Waals surface area (Å²) in [6.07, 6.45) is 0. The summed E-state index contributed by atoms with van der Waals surface area (Å²) in [5.41, 5.74) is 2.50. The van der Waals surface area contributed by atoms with Gasteiger partial charge >= 0.3 is 0 Å². The molecule has 100 valence electrons. The maximum Gasteiger partial charge on any atom is 0.258 e. The molecule has 2 aromatic rings. The highest BCUT2D eigenvalue weighted by Crippen LogP contribution is 2.22. The number of anilines is 1. The van der Waals surface area contributed by atoms with Crippen LogP contribution in [0.2, 0.25) is 5.02 Å². The molecule has 0 saturated carbocycles. The van der Waals surface area contributed by atoms with Crippen molar-refractivity contribution in [2.24, 2.45) is 0 Å². The molecule has 0 N–H and O–H groups in total. The Kier molecular flexibility index (Phi) is 4.07. The maximum absolute atomic E-state index is 12.5. The van der Waals surface area contributed by atoms with E-state index in [9.17, 15) is 4.79 Å². The Hall–Kier alpha value is -2.31. The monoisotopic (exact) mass is 284 g/mol. The molecule has 1 amide bonds. The van der Waals surface area contributed by atoms with Crippen molar-refractivity contribution in [3.8, 4) is 6.07 Å². The molecule has 2 rings (SSSR count). The second-order valence-electron chi connectivity index (χ2n) is 4.44. The minimum Gasteiger partial charge on any atom is -0.311 e. The summed E-state index contributed by atoms with van der Waals surface area (Å²) in [6.45, 7) is 1.81. The van der Waals surface area contributed by atoms with Gasteiger partial charge in [-0.1, -0.05) is 23.7 Å². The molecule has 3 nitrogen and oxygen atoms in total. The lowest BCUT2D eigenvalue weighted by molar-refractivity contribution is 0.0992. The van der Waals surface area contributed by atoms with Crippen LogP contribution in [-0.2, 0) is 0 Å². The van der Waals surface area contributed by atoms with Crippen molar-refractivity contribution in [3.63, 3.8) is 0 Å². The van der Waals surface area contributed by atoms with Gasteiger partial charge in [-0.05, 0) is 42.8 Å². The highest BCUT2D eigenvalue weighted by atomic mass is 35.5. The number of carbonyl (C=O) groups excluding carboxylic acids is 1. The highest BCUT2D eigenvalue weighted by molar-refractivity contribution is 6.32. The second-order valence-corrected chi connectivity index (χ2v) is 4.85. The normalized spacial score (nSPS) is 9.90.